The van der Waals surface area contributed by atoms with Crippen molar-refractivity contribution in [2.75, 3.05) is 19.9 Å². The summed E-state index contributed by atoms with van der Waals surface area (Å²) < 4.78 is 17.0. The molecule has 2 atom stereocenters. The third-order valence-corrected chi connectivity index (χ3v) is 5.92. The molecule has 2 aromatic carbocycles. The second-order valence-corrected chi connectivity index (χ2v) is 7.99. The summed E-state index contributed by atoms with van der Waals surface area (Å²) in [6.45, 7) is -0.335. The van der Waals surface area contributed by atoms with E-state index in [2.05, 4.69) is 12.1 Å². The molecule has 3 rings (SSSR count). The number of likely N-dealkylation sites (N-methyl/N-ethyl adjacent to an activating group) is 1. The zero-order chi connectivity index (χ0) is 19.4. The highest BCUT2D eigenvalue weighted by molar-refractivity contribution is 7.84. The minimum atomic E-state index is -1.31. The van der Waals surface area contributed by atoms with Gasteiger partial charge in [0.2, 0.25) is 0 Å². The number of carbonyl (C=O) groups excluding carboxylic acids is 2. The molecule has 0 fully saturated rings. The molecule has 1 amide bonds. The molecule has 0 N–H and O–H groups in total. The molecule has 0 saturated carbocycles. The van der Waals surface area contributed by atoms with Gasteiger partial charge < -0.3 is 9.64 Å². The number of carbonyl (C=O) groups is 2. The molecule has 0 aromatic heterocycles. The van der Waals surface area contributed by atoms with Crippen molar-refractivity contribution < 1.29 is 18.5 Å². The average Bonchev–Trinajstić information content (AvgIpc) is 2.70. The van der Waals surface area contributed by atoms with E-state index in [4.69, 9.17) is 4.74 Å². The Morgan fingerprint density at radius 2 is 1.85 bits per heavy atom. The van der Waals surface area contributed by atoms with Crippen molar-refractivity contribution in [1.29, 1.82) is 0 Å². The van der Waals surface area contributed by atoms with Gasteiger partial charge in [0.25, 0.3) is 5.91 Å². The molecule has 0 bridgehead atoms. The second kappa shape index (κ2) is 8.48. The monoisotopic (exact) mass is 385 g/mol. The molecule has 0 saturated heterocycles. The van der Waals surface area contributed by atoms with E-state index in [9.17, 15) is 13.8 Å². The van der Waals surface area contributed by atoms with Gasteiger partial charge in [0.1, 0.15) is 0 Å². The van der Waals surface area contributed by atoms with Crippen LogP contribution in [-0.4, -0.2) is 40.9 Å². The molecule has 5 nitrogen and oxygen atoms in total. The number of fused-ring (bicyclic) bond motifs is 1. The van der Waals surface area contributed by atoms with E-state index in [1.54, 1.807) is 36.2 Å². The fourth-order valence-corrected chi connectivity index (χ4v) is 4.23. The Kier molecular flexibility index (Phi) is 6.06. The topological polar surface area (TPSA) is 63.7 Å². The van der Waals surface area contributed by atoms with Crippen LogP contribution in [0.3, 0.4) is 0 Å². The maximum atomic E-state index is 12.6. The Morgan fingerprint density at radius 1 is 1.15 bits per heavy atom. The predicted octanol–water partition coefficient (Wildman–Crippen LogP) is 3.12. The van der Waals surface area contributed by atoms with Gasteiger partial charge in [-0.05, 0) is 42.5 Å². The van der Waals surface area contributed by atoms with E-state index in [1.165, 1.54) is 11.8 Å². The SMILES string of the molecule is CN(C(=O)COC(=O)c1ccccc1[S@](C)=O)[C@@H]1CCCc2ccccc21. The Hall–Kier alpha value is -2.47. The third kappa shape index (κ3) is 4.27. The maximum Gasteiger partial charge on any atom is 0.339 e. The second-order valence-electron chi connectivity index (χ2n) is 6.64. The van der Waals surface area contributed by atoms with E-state index in [-0.39, 0.29) is 24.1 Å². The molecule has 2 aromatic rings. The fourth-order valence-electron chi connectivity index (χ4n) is 3.50. The third-order valence-electron chi connectivity index (χ3n) is 4.94. The number of amides is 1. The van der Waals surface area contributed by atoms with Crippen LogP contribution in [0.1, 0.15) is 40.4 Å². The largest absolute Gasteiger partial charge is 0.452 e. The number of esters is 1. The smallest absolute Gasteiger partial charge is 0.339 e. The van der Waals surface area contributed by atoms with Crippen molar-refractivity contribution in [3.05, 3.63) is 65.2 Å². The molecule has 0 radical (unpaired) electrons. The van der Waals surface area contributed by atoms with Crippen LogP contribution in [0.15, 0.2) is 53.4 Å². The van der Waals surface area contributed by atoms with Crippen LogP contribution in [0, 0.1) is 0 Å². The van der Waals surface area contributed by atoms with Gasteiger partial charge in [-0.25, -0.2) is 4.79 Å². The van der Waals surface area contributed by atoms with Crippen LogP contribution in [-0.2, 0) is 26.8 Å². The minimum Gasteiger partial charge on any atom is -0.452 e. The molecule has 27 heavy (non-hydrogen) atoms. The van der Waals surface area contributed by atoms with Crippen LogP contribution in [0.4, 0.5) is 0 Å². The van der Waals surface area contributed by atoms with Crippen molar-refractivity contribution >= 4 is 22.7 Å². The Bertz CT molecular complexity index is 880. The summed E-state index contributed by atoms with van der Waals surface area (Å²) in [4.78, 5) is 27.0. The van der Waals surface area contributed by atoms with Gasteiger partial charge in [-0.15, -0.1) is 0 Å². The lowest BCUT2D eigenvalue weighted by atomic mass is 9.87. The summed E-state index contributed by atoms with van der Waals surface area (Å²) in [6, 6.07) is 14.7. The minimum absolute atomic E-state index is 0.00316. The van der Waals surface area contributed by atoms with Crippen molar-refractivity contribution in [3.8, 4) is 0 Å². The zero-order valence-corrected chi connectivity index (χ0v) is 16.3. The molecule has 142 valence electrons. The van der Waals surface area contributed by atoms with Gasteiger partial charge in [-0.2, -0.15) is 0 Å². The van der Waals surface area contributed by atoms with Gasteiger partial charge in [0.05, 0.1) is 27.3 Å². The summed E-state index contributed by atoms with van der Waals surface area (Å²) in [7, 11) is 0.439. The zero-order valence-electron chi connectivity index (χ0n) is 15.5. The molecule has 0 aliphatic heterocycles. The molecule has 6 heteroatoms. The van der Waals surface area contributed by atoms with Gasteiger partial charge in [-0.3, -0.25) is 9.00 Å². The van der Waals surface area contributed by atoms with E-state index in [0.29, 0.717) is 4.90 Å². The maximum absolute atomic E-state index is 12.6. The Balaban J connectivity index is 1.66. The van der Waals surface area contributed by atoms with Crippen molar-refractivity contribution in [3.63, 3.8) is 0 Å². The van der Waals surface area contributed by atoms with Crippen LogP contribution in [0.5, 0.6) is 0 Å². The lowest BCUT2D eigenvalue weighted by Gasteiger charge is -2.33. The highest BCUT2D eigenvalue weighted by Gasteiger charge is 2.27. The van der Waals surface area contributed by atoms with Crippen LogP contribution in [0.2, 0.25) is 0 Å². The van der Waals surface area contributed by atoms with E-state index in [0.717, 1.165) is 24.8 Å². The Labute approximate surface area is 161 Å². The first-order valence-electron chi connectivity index (χ1n) is 8.92. The molecule has 1 aliphatic rings. The van der Waals surface area contributed by atoms with Crippen molar-refractivity contribution in [2.45, 2.75) is 30.2 Å². The number of rotatable bonds is 5. The molecule has 0 unspecified atom stereocenters. The number of ether oxygens (including phenoxy) is 1. The van der Waals surface area contributed by atoms with Gasteiger partial charge in [0.15, 0.2) is 6.61 Å². The molecule has 0 spiro atoms. The summed E-state index contributed by atoms with van der Waals surface area (Å²) in [5.41, 5.74) is 2.67. The van der Waals surface area contributed by atoms with Crippen molar-refractivity contribution in [2.24, 2.45) is 0 Å². The lowest BCUT2D eigenvalue weighted by Crippen LogP contribution is -2.36. The van der Waals surface area contributed by atoms with Crippen LogP contribution in [0.25, 0.3) is 0 Å². The average molecular weight is 385 g/mol. The molecular formula is C21H23NO4S. The van der Waals surface area contributed by atoms with Gasteiger partial charge in [0, 0.05) is 13.3 Å². The predicted molar refractivity (Wildman–Crippen MR) is 104 cm³/mol. The van der Waals surface area contributed by atoms with Gasteiger partial charge >= 0.3 is 5.97 Å². The quantitative estimate of drug-likeness (QED) is 0.742. The highest BCUT2D eigenvalue weighted by Crippen LogP contribution is 2.33. The number of hydrogen-bond acceptors (Lipinski definition) is 4. The van der Waals surface area contributed by atoms with Crippen LogP contribution < -0.4 is 0 Å². The van der Waals surface area contributed by atoms with E-state index < -0.39 is 16.8 Å². The summed E-state index contributed by atoms with van der Waals surface area (Å²) in [6.07, 6.45) is 4.44. The number of nitrogens with zero attached hydrogens (tertiary/aromatic N) is 1. The lowest BCUT2D eigenvalue weighted by molar-refractivity contribution is -0.135. The first-order valence-corrected chi connectivity index (χ1v) is 10.5. The number of benzene rings is 2. The summed E-state index contributed by atoms with van der Waals surface area (Å²) >= 11 is 0. The van der Waals surface area contributed by atoms with E-state index in [1.807, 2.05) is 12.1 Å². The summed E-state index contributed by atoms with van der Waals surface area (Å²) in [5.74, 6) is -0.883. The highest BCUT2D eigenvalue weighted by atomic mass is 32.2. The summed E-state index contributed by atoms with van der Waals surface area (Å²) in [5, 5.41) is 0. The normalized spacial score (nSPS) is 16.9. The Morgan fingerprint density at radius 3 is 2.63 bits per heavy atom. The molecule has 0 heterocycles. The van der Waals surface area contributed by atoms with Crippen LogP contribution >= 0.6 is 0 Å². The fraction of sp³-hybridized carbons (Fsp3) is 0.333. The number of hydrogen-bond donors (Lipinski definition) is 0. The van der Waals surface area contributed by atoms with E-state index >= 15 is 0 Å². The van der Waals surface area contributed by atoms with Gasteiger partial charge in [-0.1, -0.05) is 36.4 Å². The number of aryl methyl sites for hydroxylation is 1. The van der Waals surface area contributed by atoms with Crippen molar-refractivity contribution in [1.82, 2.24) is 4.90 Å². The molecule has 1 aliphatic carbocycles. The standard InChI is InChI=1S/C21H23NO4S/c1-22(18-12-7-9-15-8-3-4-10-16(15)18)20(23)14-26-21(24)17-11-5-6-13-19(17)27(2)25/h3-6,8,10-11,13,18H,7,9,12,14H2,1-2H3/t18-,27+/m1/s1. The first-order chi connectivity index (χ1) is 13.0. The first kappa shape index (κ1) is 19.3. The molecular weight excluding hydrogens is 362 g/mol.